The molecule has 0 saturated carbocycles. The van der Waals surface area contributed by atoms with E-state index in [1.54, 1.807) is 22.9 Å². The van der Waals surface area contributed by atoms with E-state index in [1.807, 2.05) is 36.5 Å². The summed E-state index contributed by atoms with van der Waals surface area (Å²) in [6.07, 6.45) is 3.27. The Bertz CT molecular complexity index is 1010. The van der Waals surface area contributed by atoms with Gasteiger partial charge in [0.15, 0.2) is 5.82 Å². The highest BCUT2D eigenvalue weighted by molar-refractivity contribution is 5.91. The van der Waals surface area contributed by atoms with Gasteiger partial charge in [-0.1, -0.05) is 36.4 Å². The number of amides is 1. The molecule has 1 unspecified atom stereocenters. The molecular weight excluding hydrogens is 350 g/mol. The largest absolute Gasteiger partial charge is 0.310 e. The highest BCUT2D eigenvalue weighted by atomic mass is 16.1. The number of carbonyl (C=O) groups is 1. The Morgan fingerprint density at radius 2 is 2.00 bits per heavy atom. The summed E-state index contributed by atoms with van der Waals surface area (Å²) in [4.78, 5) is 12.5. The van der Waals surface area contributed by atoms with E-state index in [1.165, 1.54) is 5.56 Å². The van der Waals surface area contributed by atoms with E-state index >= 15 is 0 Å². The Hall–Kier alpha value is -3.43. The van der Waals surface area contributed by atoms with Gasteiger partial charge in [-0.15, -0.1) is 0 Å². The molecule has 6 nitrogen and oxygen atoms in total. The second-order valence-electron chi connectivity index (χ2n) is 6.93. The molecule has 4 rings (SSSR count). The summed E-state index contributed by atoms with van der Waals surface area (Å²) in [7, 11) is 0. The number of nitrogens with one attached hydrogen (secondary N) is 2. The van der Waals surface area contributed by atoms with Gasteiger partial charge < -0.3 is 10.6 Å². The molecule has 1 amide bonds. The van der Waals surface area contributed by atoms with Gasteiger partial charge in [0.25, 0.3) is 0 Å². The van der Waals surface area contributed by atoms with Gasteiger partial charge in [-0.25, -0.2) is 0 Å². The van der Waals surface area contributed by atoms with Crippen molar-refractivity contribution in [2.75, 3.05) is 11.9 Å². The molecule has 0 radical (unpaired) electrons. The summed E-state index contributed by atoms with van der Waals surface area (Å²) in [5.74, 6) is 0.466. The Balaban J connectivity index is 1.37. The molecule has 1 aromatic heterocycles. The van der Waals surface area contributed by atoms with Crippen molar-refractivity contribution in [2.24, 2.45) is 0 Å². The van der Waals surface area contributed by atoms with E-state index in [9.17, 15) is 4.79 Å². The minimum atomic E-state index is -0.0737. The highest BCUT2D eigenvalue weighted by Gasteiger charge is 2.21. The topological polar surface area (TPSA) is 82.7 Å². The number of hydrogen-bond acceptors (Lipinski definition) is 4. The molecule has 0 aliphatic carbocycles. The van der Waals surface area contributed by atoms with Crippen LogP contribution in [0.2, 0.25) is 0 Å². The van der Waals surface area contributed by atoms with Crippen LogP contribution in [-0.4, -0.2) is 22.2 Å². The Morgan fingerprint density at radius 3 is 2.71 bits per heavy atom. The van der Waals surface area contributed by atoms with Crippen molar-refractivity contribution < 1.29 is 4.79 Å². The van der Waals surface area contributed by atoms with Gasteiger partial charge in [0, 0.05) is 18.3 Å². The SMILES string of the molecule is N#Cc1ccc(Cn2ccc(NC(=O)Cc3ccccc3C3CCN3)n2)cc1. The number of anilines is 1. The number of nitrogens with zero attached hydrogens (tertiary/aromatic N) is 3. The molecular formula is C22H21N5O. The number of aromatic nitrogens is 2. The van der Waals surface area contributed by atoms with Crippen molar-refractivity contribution in [3.05, 3.63) is 83.0 Å². The van der Waals surface area contributed by atoms with E-state index in [-0.39, 0.29) is 5.91 Å². The molecule has 2 heterocycles. The second-order valence-corrected chi connectivity index (χ2v) is 6.93. The van der Waals surface area contributed by atoms with Crippen molar-refractivity contribution in [3.63, 3.8) is 0 Å². The van der Waals surface area contributed by atoms with E-state index in [0.717, 1.165) is 24.1 Å². The summed E-state index contributed by atoms with van der Waals surface area (Å²) in [5.41, 5.74) is 3.93. The van der Waals surface area contributed by atoms with Gasteiger partial charge in [-0.05, 0) is 41.8 Å². The number of hydrogen-bond donors (Lipinski definition) is 2. The van der Waals surface area contributed by atoms with Gasteiger partial charge in [0.05, 0.1) is 24.6 Å². The van der Waals surface area contributed by atoms with E-state index in [4.69, 9.17) is 5.26 Å². The second kappa shape index (κ2) is 8.07. The maximum atomic E-state index is 12.5. The molecule has 1 fully saturated rings. The first-order valence-electron chi connectivity index (χ1n) is 9.35. The average molecular weight is 371 g/mol. The van der Waals surface area contributed by atoms with Crippen molar-refractivity contribution >= 4 is 11.7 Å². The third-order valence-corrected chi connectivity index (χ3v) is 4.94. The lowest BCUT2D eigenvalue weighted by Gasteiger charge is -2.29. The van der Waals surface area contributed by atoms with Gasteiger partial charge in [-0.3, -0.25) is 9.48 Å². The summed E-state index contributed by atoms with van der Waals surface area (Å²) in [5, 5.41) is 19.6. The lowest BCUT2D eigenvalue weighted by atomic mass is 9.92. The van der Waals surface area contributed by atoms with E-state index in [0.29, 0.717) is 30.4 Å². The fourth-order valence-corrected chi connectivity index (χ4v) is 3.34. The van der Waals surface area contributed by atoms with Crippen LogP contribution in [0.15, 0.2) is 60.8 Å². The normalized spacial score (nSPS) is 15.5. The first-order chi connectivity index (χ1) is 13.7. The lowest BCUT2D eigenvalue weighted by Crippen LogP contribution is -2.35. The molecule has 1 aliphatic rings. The van der Waals surface area contributed by atoms with Crippen LogP contribution >= 0.6 is 0 Å². The molecule has 1 aliphatic heterocycles. The zero-order valence-corrected chi connectivity index (χ0v) is 15.4. The lowest BCUT2D eigenvalue weighted by molar-refractivity contribution is -0.115. The first-order valence-corrected chi connectivity index (χ1v) is 9.35. The first kappa shape index (κ1) is 18.0. The third kappa shape index (κ3) is 4.11. The highest BCUT2D eigenvalue weighted by Crippen LogP contribution is 2.26. The minimum absolute atomic E-state index is 0.0737. The molecule has 140 valence electrons. The zero-order valence-electron chi connectivity index (χ0n) is 15.4. The molecule has 1 saturated heterocycles. The summed E-state index contributed by atoms with van der Waals surface area (Å²) >= 11 is 0. The molecule has 0 bridgehead atoms. The van der Waals surface area contributed by atoms with Crippen LogP contribution < -0.4 is 10.6 Å². The molecule has 1 atom stereocenters. The van der Waals surface area contributed by atoms with E-state index < -0.39 is 0 Å². The molecule has 2 N–H and O–H groups in total. The standard InChI is InChI=1S/C22H21N5O/c23-14-16-5-7-17(8-6-16)15-27-12-10-21(26-27)25-22(28)13-18-3-1-2-4-19(18)20-9-11-24-20/h1-8,10,12,20,24H,9,11,13,15H2,(H,25,26,28). The van der Waals surface area contributed by atoms with Gasteiger partial charge in [0.1, 0.15) is 0 Å². The summed E-state index contributed by atoms with van der Waals surface area (Å²) in [6, 6.07) is 19.7. The number of nitriles is 1. The molecule has 2 aromatic carbocycles. The van der Waals surface area contributed by atoms with Crippen LogP contribution in [0.3, 0.4) is 0 Å². The molecule has 0 spiro atoms. The van der Waals surface area contributed by atoms with Crippen LogP contribution in [0.1, 0.15) is 34.7 Å². The molecule has 6 heteroatoms. The van der Waals surface area contributed by atoms with Crippen LogP contribution in [0, 0.1) is 11.3 Å². The quantitative estimate of drug-likeness (QED) is 0.698. The number of benzene rings is 2. The smallest absolute Gasteiger partial charge is 0.230 e. The molecule has 28 heavy (non-hydrogen) atoms. The Labute approximate surface area is 163 Å². The maximum Gasteiger partial charge on any atom is 0.230 e. The fourth-order valence-electron chi connectivity index (χ4n) is 3.34. The number of carbonyl (C=O) groups excluding carboxylic acids is 1. The third-order valence-electron chi connectivity index (χ3n) is 4.94. The minimum Gasteiger partial charge on any atom is -0.310 e. The van der Waals surface area contributed by atoms with Crippen LogP contribution in [0.4, 0.5) is 5.82 Å². The van der Waals surface area contributed by atoms with Gasteiger partial charge in [0.2, 0.25) is 5.91 Å². The monoisotopic (exact) mass is 371 g/mol. The van der Waals surface area contributed by atoms with Gasteiger partial charge in [-0.2, -0.15) is 10.4 Å². The fraction of sp³-hybridized carbons (Fsp3) is 0.227. The zero-order chi connectivity index (χ0) is 19.3. The van der Waals surface area contributed by atoms with Gasteiger partial charge >= 0.3 is 0 Å². The van der Waals surface area contributed by atoms with Crippen molar-refractivity contribution in [3.8, 4) is 6.07 Å². The number of rotatable bonds is 6. The predicted molar refractivity (Wildman–Crippen MR) is 107 cm³/mol. The predicted octanol–water partition coefficient (Wildman–Crippen LogP) is 3.02. The summed E-state index contributed by atoms with van der Waals surface area (Å²) in [6.45, 7) is 1.61. The van der Waals surface area contributed by atoms with Crippen molar-refractivity contribution in [2.45, 2.75) is 25.4 Å². The van der Waals surface area contributed by atoms with Crippen LogP contribution in [0.5, 0.6) is 0 Å². The van der Waals surface area contributed by atoms with Crippen molar-refractivity contribution in [1.29, 1.82) is 5.26 Å². The molecule has 3 aromatic rings. The van der Waals surface area contributed by atoms with E-state index in [2.05, 4.69) is 27.9 Å². The Kier molecular flexibility index (Phi) is 5.18. The maximum absolute atomic E-state index is 12.5. The average Bonchev–Trinajstić information content (AvgIpc) is 3.09. The summed E-state index contributed by atoms with van der Waals surface area (Å²) < 4.78 is 1.77. The van der Waals surface area contributed by atoms with Crippen LogP contribution in [0.25, 0.3) is 0 Å². The van der Waals surface area contributed by atoms with Crippen molar-refractivity contribution in [1.82, 2.24) is 15.1 Å². The van der Waals surface area contributed by atoms with Crippen LogP contribution in [-0.2, 0) is 17.8 Å². The Morgan fingerprint density at radius 1 is 1.21 bits per heavy atom.